The minimum Gasteiger partial charge on any atom is -0.478 e. The predicted octanol–water partition coefficient (Wildman–Crippen LogP) is 4.13. The number of urea groups is 1. The second-order valence-electron chi connectivity index (χ2n) is 6.03. The van der Waals surface area contributed by atoms with Crippen LogP contribution >= 0.6 is 0 Å². The van der Waals surface area contributed by atoms with Gasteiger partial charge < -0.3 is 19.4 Å². The Morgan fingerprint density at radius 3 is 2.88 bits per heavy atom. The van der Waals surface area contributed by atoms with E-state index < -0.39 is 0 Å². The fourth-order valence-electron chi connectivity index (χ4n) is 2.70. The highest BCUT2D eigenvalue weighted by molar-refractivity contribution is 5.78. The van der Waals surface area contributed by atoms with Gasteiger partial charge in [-0.05, 0) is 32.0 Å². The summed E-state index contributed by atoms with van der Waals surface area (Å²) in [4.78, 5) is 18.3. The lowest BCUT2D eigenvalue weighted by Crippen LogP contribution is -2.38. The number of furan rings is 1. The molecule has 6 nitrogen and oxygen atoms in total. The predicted molar refractivity (Wildman–Crippen MR) is 100 cm³/mol. The summed E-state index contributed by atoms with van der Waals surface area (Å²) in [5.41, 5.74) is 1.66. The number of carbonyl (C=O) groups is 1. The van der Waals surface area contributed by atoms with Crippen LogP contribution in [0.2, 0.25) is 0 Å². The zero-order valence-corrected chi connectivity index (χ0v) is 15.2. The Bertz CT molecular complexity index is 858. The minimum absolute atomic E-state index is 0.191. The number of pyridine rings is 1. The van der Waals surface area contributed by atoms with Gasteiger partial charge >= 0.3 is 6.03 Å². The van der Waals surface area contributed by atoms with Crippen molar-refractivity contribution in [3.8, 4) is 5.88 Å². The molecule has 1 N–H and O–H groups in total. The van der Waals surface area contributed by atoms with Crippen molar-refractivity contribution in [3.05, 3.63) is 60.0 Å². The maximum Gasteiger partial charge on any atom is 0.318 e. The SMILES string of the molecule is CCOc1ncccc1CNC(=O)N(C)C(C)c1cc2ccccc2o1. The molecule has 3 aromatic rings. The van der Waals surface area contributed by atoms with Crippen LogP contribution in [0, 0.1) is 0 Å². The van der Waals surface area contributed by atoms with Crippen LogP contribution in [0.3, 0.4) is 0 Å². The van der Waals surface area contributed by atoms with Crippen LogP contribution in [-0.2, 0) is 6.54 Å². The molecule has 0 aliphatic carbocycles. The third-order valence-electron chi connectivity index (χ3n) is 4.32. The van der Waals surface area contributed by atoms with Gasteiger partial charge in [-0.25, -0.2) is 9.78 Å². The number of aromatic nitrogens is 1. The van der Waals surface area contributed by atoms with Gasteiger partial charge in [-0.1, -0.05) is 24.3 Å². The van der Waals surface area contributed by atoms with Gasteiger partial charge in [0.15, 0.2) is 0 Å². The Kier molecular flexibility index (Phi) is 5.41. The summed E-state index contributed by atoms with van der Waals surface area (Å²) in [6, 6.07) is 13.1. The number of para-hydroxylation sites is 1. The van der Waals surface area contributed by atoms with E-state index in [4.69, 9.17) is 9.15 Å². The Morgan fingerprint density at radius 2 is 2.12 bits per heavy atom. The second kappa shape index (κ2) is 7.91. The molecule has 2 amide bonds. The Morgan fingerprint density at radius 1 is 1.31 bits per heavy atom. The van der Waals surface area contributed by atoms with E-state index in [0.29, 0.717) is 19.0 Å². The Hall–Kier alpha value is -3.02. The largest absolute Gasteiger partial charge is 0.478 e. The summed E-state index contributed by atoms with van der Waals surface area (Å²) in [6.45, 7) is 4.72. The molecule has 0 fully saturated rings. The van der Waals surface area contributed by atoms with Crippen molar-refractivity contribution >= 4 is 17.0 Å². The van der Waals surface area contributed by atoms with Crippen molar-refractivity contribution in [2.24, 2.45) is 0 Å². The minimum atomic E-state index is -0.192. The molecule has 1 atom stereocenters. The summed E-state index contributed by atoms with van der Waals surface area (Å²) in [5, 5.41) is 3.93. The standard InChI is InChI=1S/C20H23N3O3/c1-4-25-19-16(9-7-11-21-19)13-22-20(24)23(3)14(2)18-12-15-8-5-6-10-17(15)26-18/h5-12,14H,4,13H2,1-3H3,(H,22,24). The number of nitrogens with one attached hydrogen (secondary N) is 1. The quantitative estimate of drug-likeness (QED) is 0.723. The highest BCUT2D eigenvalue weighted by Gasteiger charge is 2.21. The maximum absolute atomic E-state index is 12.5. The highest BCUT2D eigenvalue weighted by Crippen LogP contribution is 2.26. The fraction of sp³-hybridized carbons (Fsp3) is 0.300. The number of amides is 2. The van der Waals surface area contributed by atoms with E-state index in [1.165, 1.54) is 0 Å². The average Bonchev–Trinajstić information content (AvgIpc) is 3.10. The van der Waals surface area contributed by atoms with Crippen molar-refractivity contribution < 1.29 is 13.9 Å². The van der Waals surface area contributed by atoms with Crippen LogP contribution in [-0.4, -0.2) is 29.6 Å². The Labute approximate surface area is 152 Å². The van der Waals surface area contributed by atoms with Crippen molar-refractivity contribution in [2.45, 2.75) is 26.4 Å². The summed E-state index contributed by atoms with van der Waals surface area (Å²) >= 11 is 0. The highest BCUT2D eigenvalue weighted by atomic mass is 16.5. The number of ether oxygens (including phenoxy) is 1. The van der Waals surface area contributed by atoms with Crippen molar-refractivity contribution in [3.63, 3.8) is 0 Å². The van der Waals surface area contributed by atoms with Gasteiger partial charge in [-0.15, -0.1) is 0 Å². The van der Waals surface area contributed by atoms with Gasteiger partial charge in [0.1, 0.15) is 11.3 Å². The first-order valence-electron chi connectivity index (χ1n) is 8.66. The van der Waals surface area contributed by atoms with Crippen LogP contribution in [0.5, 0.6) is 5.88 Å². The molecule has 0 aliphatic rings. The smallest absolute Gasteiger partial charge is 0.318 e. The van der Waals surface area contributed by atoms with Crippen molar-refractivity contribution in [2.75, 3.05) is 13.7 Å². The molecule has 6 heteroatoms. The van der Waals surface area contributed by atoms with E-state index in [2.05, 4.69) is 10.3 Å². The maximum atomic E-state index is 12.5. The molecule has 136 valence electrons. The molecule has 1 aromatic carbocycles. The van der Waals surface area contributed by atoms with Crippen LogP contribution in [0.25, 0.3) is 11.0 Å². The number of benzene rings is 1. The number of fused-ring (bicyclic) bond motifs is 1. The van der Waals surface area contributed by atoms with Crippen LogP contribution in [0.15, 0.2) is 53.1 Å². The monoisotopic (exact) mass is 353 g/mol. The zero-order valence-electron chi connectivity index (χ0n) is 15.2. The van der Waals surface area contributed by atoms with Gasteiger partial charge in [-0.2, -0.15) is 0 Å². The summed E-state index contributed by atoms with van der Waals surface area (Å²) in [7, 11) is 1.75. The molecule has 0 radical (unpaired) electrons. The summed E-state index contributed by atoms with van der Waals surface area (Å²) in [5.74, 6) is 1.29. The average molecular weight is 353 g/mol. The van der Waals surface area contributed by atoms with E-state index in [1.807, 2.05) is 56.3 Å². The summed E-state index contributed by atoms with van der Waals surface area (Å²) in [6.07, 6.45) is 1.67. The molecule has 0 saturated heterocycles. The lowest BCUT2D eigenvalue weighted by atomic mass is 10.2. The molecule has 3 rings (SSSR count). The third kappa shape index (κ3) is 3.79. The van der Waals surface area contributed by atoms with Crippen LogP contribution in [0.1, 0.15) is 31.2 Å². The number of hydrogen-bond donors (Lipinski definition) is 1. The fourth-order valence-corrected chi connectivity index (χ4v) is 2.70. The molecule has 26 heavy (non-hydrogen) atoms. The van der Waals surface area contributed by atoms with Gasteiger partial charge in [-0.3, -0.25) is 0 Å². The number of nitrogens with zero attached hydrogens (tertiary/aromatic N) is 2. The Balaban J connectivity index is 1.65. The normalized spacial score (nSPS) is 12.0. The van der Waals surface area contributed by atoms with Gasteiger partial charge in [0.25, 0.3) is 0 Å². The molecule has 0 spiro atoms. The van der Waals surface area contributed by atoms with E-state index in [9.17, 15) is 4.79 Å². The van der Waals surface area contributed by atoms with E-state index in [-0.39, 0.29) is 12.1 Å². The number of carbonyl (C=O) groups excluding carboxylic acids is 1. The lowest BCUT2D eigenvalue weighted by molar-refractivity contribution is 0.187. The topological polar surface area (TPSA) is 67.6 Å². The van der Waals surface area contributed by atoms with Gasteiger partial charge in [0, 0.05) is 30.7 Å². The van der Waals surface area contributed by atoms with Crippen molar-refractivity contribution in [1.29, 1.82) is 0 Å². The van der Waals surface area contributed by atoms with E-state index in [1.54, 1.807) is 18.1 Å². The third-order valence-corrected chi connectivity index (χ3v) is 4.32. The van der Waals surface area contributed by atoms with Crippen LogP contribution in [0.4, 0.5) is 4.79 Å². The zero-order chi connectivity index (χ0) is 18.5. The van der Waals surface area contributed by atoms with Crippen LogP contribution < -0.4 is 10.1 Å². The number of hydrogen-bond acceptors (Lipinski definition) is 4. The molecule has 2 aromatic heterocycles. The second-order valence-corrected chi connectivity index (χ2v) is 6.03. The molecule has 0 saturated carbocycles. The van der Waals surface area contributed by atoms with Crippen molar-refractivity contribution in [1.82, 2.24) is 15.2 Å². The molecule has 0 aliphatic heterocycles. The van der Waals surface area contributed by atoms with Gasteiger partial charge in [0.05, 0.1) is 12.6 Å². The molecule has 2 heterocycles. The first-order valence-corrected chi connectivity index (χ1v) is 8.66. The molecular formula is C20H23N3O3. The number of rotatable bonds is 6. The lowest BCUT2D eigenvalue weighted by Gasteiger charge is -2.23. The first-order chi connectivity index (χ1) is 12.6. The molecule has 0 bridgehead atoms. The van der Waals surface area contributed by atoms with Gasteiger partial charge in [0.2, 0.25) is 5.88 Å². The molecular weight excluding hydrogens is 330 g/mol. The summed E-state index contributed by atoms with van der Waals surface area (Å²) < 4.78 is 11.4. The van der Waals surface area contributed by atoms with E-state index >= 15 is 0 Å². The van der Waals surface area contributed by atoms with E-state index in [0.717, 1.165) is 22.3 Å². The first kappa shape index (κ1) is 17.8. The molecule has 1 unspecified atom stereocenters.